The first-order chi connectivity index (χ1) is 70.5. The number of hydrogen-bond donors (Lipinski definition) is 3. The number of ether oxygens (including phenoxy) is 6. The molecule has 13 unspecified atom stereocenters. The number of anilines is 5. The molecule has 14 aliphatic rings. The van der Waals surface area contributed by atoms with Crippen LogP contribution >= 0.6 is 0 Å². The number of carbonyl (C=O) groups excluding carboxylic acids is 7. The molecule has 9 fully saturated rings. The lowest BCUT2D eigenvalue weighted by Crippen LogP contribution is -2.64. The van der Waals surface area contributed by atoms with Gasteiger partial charge in [0.25, 0.3) is 0 Å². The summed E-state index contributed by atoms with van der Waals surface area (Å²) in [4.78, 5) is 127. The summed E-state index contributed by atoms with van der Waals surface area (Å²) < 4.78 is 33.2. The van der Waals surface area contributed by atoms with Gasteiger partial charge in [-0.15, -0.1) is 0 Å². The number of aliphatic carboxylic acids is 2. The highest BCUT2D eigenvalue weighted by atomic mass is 16.6. The third kappa shape index (κ3) is 21.8. The minimum absolute atomic E-state index is 0. The Hall–Kier alpha value is -13.3. The number of Topliss-reactive ketones (excluding diaryl/α,β-unsaturated/α-hetero) is 2. The molecule has 13 atom stereocenters. The van der Waals surface area contributed by atoms with Crippen molar-refractivity contribution in [1.82, 2.24) is 15.1 Å². The number of carboxylic acids is 2. The van der Waals surface area contributed by atoms with Crippen molar-refractivity contribution in [3.05, 3.63) is 329 Å². The number of amides is 5. The van der Waals surface area contributed by atoms with Crippen LogP contribution in [0.3, 0.4) is 0 Å². The Balaban J connectivity index is 0.000000119. The van der Waals surface area contributed by atoms with Crippen LogP contribution in [0.1, 0.15) is 260 Å². The van der Waals surface area contributed by atoms with Crippen LogP contribution in [0.2, 0.25) is 0 Å². The van der Waals surface area contributed by atoms with Gasteiger partial charge in [-0.3, -0.25) is 53.5 Å². The topological polar surface area (TPSA) is 284 Å². The van der Waals surface area contributed by atoms with Crippen molar-refractivity contribution >= 4 is 82.4 Å². The van der Waals surface area contributed by atoms with E-state index in [0.29, 0.717) is 66.1 Å². The van der Waals surface area contributed by atoms with Crippen molar-refractivity contribution < 1.29 is 81.8 Å². The van der Waals surface area contributed by atoms with Crippen molar-refractivity contribution in [2.75, 3.05) is 50.8 Å². The molecule has 0 aromatic heterocycles. The molecule has 8 aliphatic carbocycles. The SMILES string of the molecule is C.C1CCOC1.CC12CCC1N(C(=O)OCc1ccccc1)c1ccccc1C2=O.CC12CCC1N(C(=O)OCc1ccccc1)c1ccccc1C2N(CCCC(=O)O)C1CC1.CC12CCC1N(C(=O)OCc1ccccc1)c1ccccc1C2N(CCCC(=O)O)C1CC1.CC12CCC1N(C(=O)OCc1ccccc1)c1ccccc1C2NC1CC1.O=C1c2ccccc2N(C(=O)OCc2ccccc2)C2CCC12. The number of benzene rings is 10. The molecule has 10 aromatic rings. The highest BCUT2D eigenvalue weighted by Crippen LogP contribution is 2.65. The van der Waals surface area contributed by atoms with Gasteiger partial charge in [0.1, 0.15) is 33.0 Å². The number of ketones is 2. The summed E-state index contributed by atoms with van der Waals surface area (Å²) in [6.07, 6.45) is 19.4. The van der Waals surface area contributed by atoms with E-state index in [1.807, 2.05) is 252 Å². The van der Waals surface area contributed by atoms with Crippen LogP contribution in [0.4, 0.5) is 52.4 Å². The Labute approximate surface area is 857 Å². The second kappa shape index (κ2) is 45.3. The van der Waals surface area contributed by atoms with Gasteiger partial charge >= 0.3 is 42.4 Å². The fourth-order valence-corrected chi connectivity index (χ4v) is 24.1. The van der Waals surface area contributed by atoms with Crippen molar-refractivity contribution in [3.8, 4) is 0 Å². The first-order valence-corrected chi connectivity index (χ1v) is 52.3. The summed E-state index contributed by atoms with van der Waals surface area (Å²) in [6, 6.07) is 90.6. The molecule has 25 heteroatoms. The number of hydrogen-bond acceptors (Lipinski definition) is 18. The number of nitrogens with one attached hydrogen (secondary N) is 1. The number of carbonyl (C=O) groups is 9. The molecule has 0 spiro atoms. The molecule has 5 amide bonds. The van der Waals surface area contributed by atoms with E-state index in [9.17, 15) is 43.2 Å². The monoisotopic (exact) mass is 1980 g/mol. The van der Waals surface area contributed by atoms with Crippen LogP contribution in [0.25, 0.3) is 0 Å². The number of rotatable bonds is 24. The molecule has 10 aromatic carbocycles. The first kappa shape index (κ1) is 103. The highest BCUT2D eigenvalue weighted by Gasteiger charge is 2.64. The normalized spacial score (nSPS) is 25.2. The van der Waals surface area contributed by atoms with Crippen LogP contribution < -0.4 is 29.8 Å². The maximum absolute atomic E-state index is 13.4. The molecule has 146 heavy (non-hydrogen) atoms. The van der Waals surface area contributed by atoms with Crippen molar-refractivity contribution in [3.63, 3.8) is 0 Å². The van der Waals surface area contributed by atoms with Crippen molar-refractivity contribution in [1.29, 1.82) is 0 Å². The molecular formula is C121H138N8O17. The molecule has 3 N–H and O–H groups in total. The average Bonchev–Trinajstić information content (AvgIpc) is 1.21. The largest absolute Gasteiger partial charge is 0.481 e. The Morgan fingerprint density at radius 3 is 1.01 bits per heavy atom. The van der Waals surface area contributed by atoms with E-state index in [1.165, 1.54) is 31.2 Å². The van der Waals surface area contributed by atoms with Crippen LogP contribution in [0.5, 0.6) is 0 Å². The van der Waals surface area contributed by atoms with Crippen molar-refractivity contribution in [2.45, 2.75) is 276 Å². The van der Waals surface area contributed by atoms with Crippen LogP contribution in [-0.4, -0.2) is 149 Å². The summed E-state index contributed by atoms with van der Waals surface area (Å²) in [5.41, 5.74) is 13.3. The molecule has 25 nitrogen and oxygen atoms in total. The molecular weight excluding hydrogens is 1840 g/mol. The van der Waals surface area contributed by atoms with Gasteiger partial charge in [-0.1, -0.05) is 266 Å². The molecule has 0 bridgehead atoms. The van der Waals surface area contributed by atoms with Crippen LogP contribution in [-0.2, 0) is 71.0 Å². The van der Waals surface area contributed by atoms with E-state index in [0.717, 1.165) is 172 Å². The van der Waals surface area contributed by atoms with E-state index in [2.05, 4.69) is 66.2 Å². The zero-order valence-electron chi connectivity index (χ0n) is 83.5. The summed E-state index contributed by atoms with van der Waals surface area (Å²) in [5, 5.41) is 22.2. The van der Waals surface area contributed by atoms with E-state index >= 15 is 0 Å². The summed E-state index contributed by atoms with van der Waals surface area (Å²) in [6.45, 7) is 13.7. The second-order valence-electron chi connectivity index (χ2n) is 42.3. The summed E-state index contributed by atoms with van der Waals surface area (Å²) >= 11 is 0. The summed E-state index contributed by atoms with van der Waals surface area (Å²) in [7, 11) is 0. The molecule has 6 aliphatic heterocycles. The Kier molecular flexibility index (Phi) is 31.9. The van der Waals surface area contributed by atoms with Gasteiger partial charge in [0, 0.05) is 114 Å². The minimum atomic E-state index is -0.741. The van der Waals surface area contributed by atoms with Crippen molar-refractivity contribution in [2.24, 2.45) is 27.6 Å². The third-order valence-electron chi connectivity index (χ3n) is 32.9. The molecule has 1 saturated heterocycles. The molecule has 0 radical (unpaired) electrons. The Bertz CT molecular complexity index is 6090. The standard InChI is InChI=1S/2C27H32N2O4.C23H26N2O2.C20H19NO3.C19H17NO3.C4H8O.CH4/c2*1-27-16-15-23(27)29(26(32)33-18-19-8-3-2-4-9-19)22-11-6-5-10-21(22)25(27)28(20-13-14-20)17-7-12-24(30)31;1-23-14-13-20(23)25(22(26)27-15-16-7-3-2-4-8-16)19-10-6-5-9-18(19)21(23)24-17-11-12-17;1-20-12-11-17(20)21(16-10-6-5-9-15(16)18(20)22)19(23)24-13-14-7-3-2-4-8-14;21-18-14-8-4-5-9-16(14)20(17-11-10-15(17)18)19(22)23-12-13-6-2-1-3-7-13;1-2-4-5-3-1;/h2*2-6,8-11,20,23,25H,7,12-18H2,1H3,(H,30,31);2-10,17,20-21,24H,11-15H2,1H3;2-10,17H,11-13H2,1H3;1-9,15,17H,10-12H2;1-4H2;1H4. The summed E-state index contributed by atoms with van der Waals surface area (Å²) in [5.74, 6) is -1.26. The fourth-order valence-electron chi connectivity index (χ4n) is 24.1. The van der Waals surface area contributed by atoms with Gasteiger partial charge in [-0.25, -0.2) is 24.0 Å². The first-order valence-electron chi connectivity index (χ1n) is 52.3. The molecule has 8 saturated carbocycles. The van der Waals surface area contributed by atoms with Gasteiger partial charge in [0.05, 0.1) is 45.9 Å². The molecule has 6 heterocycles. The maximum Gasteiger partial charge on any atom is 0.414 e. The van der Waals surface area contributed by atoms with E-state index in [4.69, 9.17) is 38.6 Å². The van der Waals surface area contributed by atoms with Gasteiger partial charge in [0.15, 0.2) is 11.6 Å². The lowest BCUT2D eigenvalue weighted by Gasteiger charge is -2.61. The van der Waals surface area contributed by atoms with Gasteiger partial charge in [-0.2, -0.15) is 0 Å². The van der Waals surface area contributed by atoms with Gasteiger partial charge < -0.3 is 44.0 Å². The van der Waals surface area contributed by atoms with Crippen LogP contribution in [0, 0.1) is 27.6 Å². The van der Waals surface area contributed by atoms with E-state index < -0.39 is 17.4 Å². The third-order valence-corrected chi connectivity index (χ3v) is 32.9. The quantitative estimate of drug-likeness (QED) is 0.0474. The Morgan fingerprint density at radius 2 is 0.678 bits per heavy atom. The Morgan fingerprint density at radius 1 is 0.356 bits per heavy atom. The number of carboxylic acid groups (broad SMARTS) is 2. The second-order valence-corrected chi connectivity index (χ2v) is 42.3. The fraction of sp³-hybridized carbons (Fsp3) is 0.430. The number of para-hydroxylation sites is 5. The van der Waals surface area contributed by atoms with E-state index in [-0.39, 0.29) is 153 Å². The lowest BCUT2D eigenvalue weighted by atomic mass is 9.56. The molecule has 24 rings (SSSR count). The average molecular weight is 1980 g/mol. The predicted octanol–water partition coefficient (Wildman–Crippen LogP) is 25.0. The smallest absolute Gasteiger partial charge is 0.414 e. The highest BCUT2D eigenvalue weighted by molar-refractivity contribution is 6.12. The van der Waals surface area contributed by atoms with Gasteiger partial charge in [-0.05, 0) is 228 Å². The van der Waals surface area contributed by atoms with Gasteiger partial charge in [0.2, 0.25) is 0 Å². The minimum Gasteiger partial charge on any atom is -0.481 e. The number of nitrogens with zero attached hydrogens (tertiary/aromatic N) is 7. The van der Waals surface area contributed by atoms with E-state index in [1.54, 1.807) is 21.9 Å². The maximum atomic E-state index is 13.4. The number of fused-ring (bicyclic) bond motifs is 10. The zero-order valence-corrected chi connectivity index (χ0v) is 83.5. The zero-order chi connectivity index (χ0) is 101. The molecule has 764 valence electrons. The predicted molar refractivity (Wildman–Crippen MR) is 562 cm³/mol. The van der Waals surface area contributed by atoms with Crippen LogP contribution in [0.15, 0.2) is 273 Å². The lowest BCUT2D eigenvalue weighted by molar-refractivity contribution is -0.138.